The highest BCUT2D eigenvalue weighted by Gasteiger charge is 2.25. The molecule has 2 rings (SSSR count). The number of benzene rings is 1. The van der Waals surface area contributed by atoms with E-state index < -0.39 is 5.82 Å². The minimum Gasteiger partial charge on any atom is -0.393 e. The van der Waals surface area contributed by atoms with E-state index in [1.165, 1.54) is 12.1 Å². The maximum Gasteiger partial charge on any atom is 0.124 e. The highest BCUT2D eigenvalue weighted by atomic mass is 19.1. The van der Waals surface area contributed by atoms with Gasteiger partial charge in [0.1, 0.15) is 11.9 Å². The summed E-state index contributed by atoms with van der Waals surface area (Å²) in [5.74, 6) is -0.226. The van der Waals surface area contributed by atoms with Crippen LogP contribution in [-0.2, 0) is 0 Å². The Kier molecular flexibility index (Phi) is 3.30. The van der Waals surface area contributed by atoms with Crippen molar-refractivity contribution in [2.24, 2.45) is 5.92 Å². The predicted octanol–water partition coefficient (Wildman–Crippen LogP) is 1.90. The molecular weight excluding hydrogens is 219 g/mol. The Balaban J connectivity index is 2.26. The average molecular weight is 234 g/mol. The van der Waals surface area contributed by atoms with E-state index >= 15 is 0 Å². The number of hydrogen-bond donors (Lipinski definition) is 1. The quantitative estimate of drug-likeness (QED) is 0.807. The zero-order valence-electron chi connectivity index (χ0n) is 9.73. The molecule has 0 aliphatic carbocycles. The lowest BCUT2D eigenvalue weighted by Gasteiger charge is -2.36. The van der Waals surface area contributed by atoms with Gasteiger partial charge in [0.25, 0.3) is 0 Å². The van der Waals surface area contributed by atoms with Gasteiger partial charge in [-0.25, -0.2) is 4.39 Å². The first kappa shape index (κ1) is 11.9. The highest BCUT2D eigenvalue weighted by molar-refractivity contribution is 5.59. The summed E-state index contributed by atoms with van der Waals surface area (Å²) in [4.78, 5) is 2.04. The molecule has 90 valence electrons. The predicted molar refractivity (Wildman–Crippen MR) is 63.1 cm³/mol. The first-order chi connectivity index (χ1) is 8.11. The van der Waals surface area contributed by atoms with Crippen LogP contribution in [0.15, 0.2) is 18.2 Å². The van der Waals surface area contributed by atoms with Crippen molar-refractivity contribution >= 4 is 5.69 Å². The van der Waals surface area contributed by atoms with Gasteiger partial charge in [-0.05, 0) is 30.5 Å². The SMILES string of the molecule is CC1CN(c2ccc(F)cc2C#N)CCC1O. The van der Waals surface area contributed by atoms with Crippen molar-refractivity contribution in [3.63, 3.8) is 0 Å². The molecule has 1 fully saturated rings. The van der Waals surface area contributed by atoms with Gasteiger partial charge >= 0.3 is 0 Å². The number of halogens is 1. The monoisotopic (exact) mass is 234 g/mol. The number of anilines is 1. The summed E-state index contributed by atoms with van der Waals surface area (Å²) in [5.41, 5.74) is 1.11. The third-order valence-electron chi connectivity index (χ3n) is 3.28. The second kappa shape index (κ2) is 4.72. The van der Waals surface area contributed by atoms with Crippen molar-refractivity contribution in [1.29, 1.82) is 5.26 Å². The number of nitriles is 1. The van der Waals surface area contributed by atoms with Gasteiger partial charge in [-0.2, -0.15) is 5.26 Å². The van der Waals surface area contributed by atoms with Crippen LogP contribution in [0.1, 0.15) is 18.9 Å². The molecule has 0 aromatic heterocycles. The van der Waals surface area contributed by atoms with Crippen LogP contribution in [-0.4, -0.2) is 24.3 Å². The fraction of sp³-hybridized carbons (Fsp3) is 0.462. The summed E-state index contributed by atoms with van der Waals surface area (Å²) in [7, 11) is 0. The van der Waals surface area contributed by atoms with Crippen LogP contribution in [0.5, 0.6) is 0 Å². The van der Waals surface area contributed by atoms with Crippen LogP contribution in [0, 0.1) is 23.1 Å². The van der Waals surface area contributed by atoms with Gasteiger partial charge < -0.3 is 10.0 Å². The minimum atomic E-state index is -0.393. The molecule has 3 nitrogen and oxygen atoms in total. The summed E-state index contributed by atoms with van der Waals surface area (Å²) in [6, 6.07) is 6.27. The van der Waals surface area contributed by atoms with Gasteiger partial charge in [0.05, 0.1) is 17.4 Å². The second-order valence-corrected chi connectivity index (χ2v) is 4.55. The van der Waals surface area contributed by atoms with Gasteiger partial charge in [0.2, 0.25) is 0 Å². The molecule has 0 spiro atoms. The third-order valence-corrected chi connectivity index (χ3v) is 3.28. The lowest BCUT2D eigenvalue weighted by Crippen LogP contribution is -2.42. The lowest BCUT2D eigenvalue weighted by molar-refractivity contribution is 0.0971. The molecule has 0 bridgehead atoms. The van der Waals surface area contributed by atoms with E-state index in [2.05, 4.69) is 0 Å². The van der Waals surface area contributed by atoms with Gasteiger partial charge in [0.15, 0.2) is 0 Å². The number of aliphatic hydroxyl groups excluding tert-OH is 1. The molecule has 17 heavy (non-hydrogen) atoms. The number of aliphatic hydroxyl groups is 1. The number of rotatable bonds is 1. The fourth-order valence-corrected chi connectivity index (χ4v) is 2.23. The molecule has 1 heterocycles. The van der Waals surface area contributed by atoms with Crippen molar-refractivity contribution in [3.05, 3.63) is 29.6 Å². The Morgan fingerprint density at radius 2 is 2.29 bits per heavy atom. The summed E-state index contributed by atoms with van der Waals surface area (Å²) < 4.78 is 13.0. The molecule has 4 heteroatoms. The van der Waals surface area contributed by atoms with Crippen LogP contribution in [0.25, 0.3) is 0 Å². The molecule has 1 aliphatic rings. The Labute approximate surface area is 100 Å². The van der Waals surface area contributed by atoms with E-state index in [1.807, 2.05) is 17.9 Å². The van der Waals surface area contributed by atoms with E-state index in [9.17, 15) is 9.50 Å². The van der Waals surface area contributed by atoms with Crippen molar-refractivity contribution < 1.29 is 9.50 Å². The first-order valence-electron chi connectivity index (χ1n) is 5.74. The molecule has 1 saturated heterocycles. The van der Waals surface area contributed by atoms with Crippen LogP contribution >= 0.6 is 0 Å². The minimum absolute atomic E-state index is 0.167. The molecule has 1 aromatic rings. The molecule has 0 radical (unpaired) electrons. The van der Waals surface area contributed by atoms with Gasteiger partial charge in [-0.1, -0.05) is 6.92 Å². The van der Waals surface area contributed by atoms with Crippen LogP contribution in [0.4, 0.5) is 10.1 Å². The fourth-order valence-electron chi connectivity index (χ4n) is 2.23. The topological polar surface area (TPSA) is 47.3 Å². The van der Waals surface area contributed by atoms with Gasteiger partial charge in [-0.3, -0.25) is 0 Å². The van der Waals surface area contributed by atoms with Crippen molar-refractivity contribution in [1.82, 2.24) is 0 Å². The third kappa shape index (κ3) is 2.40. The van der Waals surface area contributed by atoms with Crippen molar-refractivity contribution in [2.45, 2.75) is 19.4 Å². The zero-order valence-corrected chi connectivity index (χ0v) is 9.73. The second-order valence-electron chi connectivity index (χ2n) is 4.55. The van der Waals surface area contributed by atoms with E-state index in [4.69, 9.17) is 5.26 Å². The molecule has 1 aliphatic heterocycles. The molecule has 0 saturated carbocycles. The van der Waals surface area contributed by atoms with Crippen LogP contribution in [0.2, 0.25) is 0 Å². The molecule has 2 atom stereocenters. The molecule has 2 unspecified atom stereocenters. The van der Waals surface area contributed by atoms with Crippen LogP contribution in [0.3, 0.4) is 0 Å². The standard InChI is InChI=1S/C13H15FN2O/c1-9-8-16(5-4-13(9)17)12-3-2-11(14)6-10(12)7-15/h2-3,6,9,13,17H,4-5,8H2,1H3. The largest absolute Gasteiger partial charge is 0.393 e. The van der Waals surface area contributed by atoms with Gasteiger partial charge in [0, 0.05) is 13.1 Å². The average Bonchev–Trinajstić information content (AvgIpc) is 2.32. The Hall–Kier alpha value is -1.60. The number of nitrogens with zero attached hydrogens (tertiary/aromatic N) is 2. The molecule has 0 amide bonds. The molecular formula is C13H15FN2O. The van der Waals surface area contributed by atoms with Crippen LogP contribution < -0.4 is 4.90 Å². The number of hydrogen-bond acceptors (Lipinski definition) is 3. The first-order valence-corrected chi connectivity index (χ1v) is 5.74. The Bertz CT molecular complexity index is 455. The summed E-state index contributed by atoms with van der Waals surface area (Å²) >= 11 is 0. The van der Waals surface area contributed by atoms with Crippen molar-refractivity contribution in [2.75, 3.05) is 18.0 Å². The molecule has 1 N–H and O–H groups in total. The normalized spacial score (nSPS) is 24.5. The Morgan fingerprint density at radius 1 is 1.53 bits per heavy atom. The van der Waals surface area contributed by atoms with E-state index in [0.29, 0.717) is 25.1 Å². The molecule has 1 aromatic carbocycles. The lowest BCUT2D eigenvalue weighted by atomic mass is 9.96. The summed E-state index contributed by atoms with van der Waals surface area (Å²) in [6.07, 6.45) is 0.404. The highest BCUT2D eigenvalue weighted by Crippen LogP contribution is 2.26. The maximum absolute atomic E-state index is 13.0. The summed E-state index contributed by atoms with van der Waals surface area (Å²) in [6.45, 7) is 3.37. The van der Waals surface area contributed by atoms with E-state index in [1.54, 1.807) is 6.07 Å². The van der Waals surface area contributed by atoms with E-state index in [-0.39, 0.29) is 12.0 Å². The number of piperidine rings is 1. The Morgan fingerprint density at radius 3 is 2.94 bits per heavy atom. The van der Waals surface area contributed by atoms with E-state index in [0.717, 1.165) is 5.69 Å². The maximum atomic E-state index is 13.0. The smallest absolute Gasteiger partial charge is 0.124 e. The van der Waals surface area contributed by atoms with Gasteiger partial charge in [-0.15, -0.1) is 0 Å². The zero-order chi connectivity index (χ0) is 12.4. The summed E-state index contributed by atoms with van der Waals surface area (Å²) in [5, 5.41) is 18.7. The van der Waals surface area contributed by atoms with Crippen molar-refractivity contribution in [3.8, 4) is 6.07 Å².